The summed E-state index contributed by atoms with van der Waals surface area (Å²) in [5.74, 6) is 0.330. The molecule has 1 atom stereocenters. The molecule has 1 aromatic carbocycles. The Hall–Kier alpha value is -4.90. The number of hydrogen-bond donors (Lipinski definition) is 4. The van der Waals surface area contributed by atoms with Crippen molar-refractivity contribution < 1.29 is 14.7 Å². The van der Waals surface area contributed by atoms with E-state index in [2.05, 4.69) is 35.8 Å². The molecule has 0 spiro atoms. The summed E-state index contributed by atoms with van der Waals surface area (Å²) in [5.41, 5.74) is 2.63. The van der Waals surface area contributed by atoms with Gasteiger partial charge in [0.15, 0.2) is 0 Å². The number of piperazine rings is 1. The lowest BCUT2D eigenvalue weighted by Crippen LogP contribution is -2.43. The van der Waals surface area contributed by atoms with Gasteiger partial charge >= 0.3 is 5.97 Å². The molecule has 1 saturated heterocycles. The maximum atomic E-state index is 13.5. The monoisotopic (exact) mass is 538 g/mol. The predicted molar refractivity (Wildman–Crippen MR) is 152 cm³/mol. The minimum Gasteiger partial charge on any atom is -0.481 e. The summed E-state index contributed by atoms with van der Waals surface area (Å²) in [4.78, 5) is 44.9. The second kappa shape index (κ2) is 12.8. The standard InChI is InChI=1S/C29H30N8O3/c38-28(39)18-23(14-20-4-2-1-3-5-20)34-29(40)22-15-24(35-25(16-22)36-26-19-31-8-9-32-26)21-6-7-33-27(17-21)37-12-10-30-11-13-37/h1-9,15-17,19,23,30H,10-14,18H2,(H,34,40)(H,38,39)(H,32,35,36)/t23-/m0/s1. The van der Waals surface area contributed by atoms with Crippen LogP contribution in [0.1, 0.15) is 22.3 Å². The molecule has 4 aromatic rings. The quantitative estimate of drug-likeness (QED) is 0.238. The van der Waals surface area contributed by atoms with Crippen molar-refractivity contribution >= 4 is 29.3 Å². The number of hydrogen-bond acceptors (Lipinski definition) is 9. The van der Waals surface area contributed by atoms with Crippen LogP contribution in [0.4, 0.5) is 17.5 Å². The lowest BCUT2D eigenvalue weighted by atomic mass is 10.0. The number of nitrogens with zero attached hydrogens (tertiary/aromatic N) is 5. The van der Waals surface area contributed by atoms with E-state index in [4.69, 9.17) is 4.98 Å². The number of amides is 1. The highest BCUT2D eigenvalue weighted by atomic mass is 16.4. The van der Waals surface area contributed by atoms with Crippen molar-refractivity contribution in [2.75, 3.05) is 36.4 Å². The zero-order valence-corrected chi connectivity index (χ0v) is 21.8. The highest BCUT2D eigenvalue weighted by Gasteiger charge is 2.20. The highest BCUT2D eigenvalue weighted by Crippen LogP contribution is 2.26. The number of carbonyl (C=O) groups is 2. The number of aromatic nitrogens is 4. The Morgan fingerprint density at radius 1 is 0.975 bits per heavy atom. The number of benzene rings is 1. The van der Waals surface area contributed by atoms with Crippen LogP contribution in [-0.4, -0.2) is 69.1 Å². The van der Waals surface area contributed by atoms with E-state index in [1.807, 2.05) is 42.5 Å². The Bertz CT molecular complexity index is 1450. The van der Waals surface area contributed by atoms with E-state index in [-0.39, 0.29) is 6.42 Å². The van der Waals surface area contributed by atoms with E-state index in [0.29, 0.717) is 29.3 Å². The van der Waals surface area contributed by atoms with Gasteiger partial charge in [0.05, 0.1) is 18.3 Å². The molecule has 1 amide bonds. The van der Waals surface area contributed by atoms with Crippen molar-refractivity contribution in [3.05, 3.63) is 90.5 Å². The summed E-state index contributed by atoms with van der Waals surface area (Å²) in [6.45, 7) is 3.45. The minimum atomic E-state index is -0.987. The van der Waals surface area contributed by atoms with Crippen LogP contribution in [0.5, 0.6) is 0 Å². The Morgan fingerprint density at radius 3 is 2.55 bits per heavy atom. The third-order valence-electron chi connectivity index (χ3n) is 6.47. The number of carboxylic acids is 1. The summed E-state index contributed by atoms with van der Waals surface area (Å²) in [7, 11) is 0. The van der Waals surface area contributed by atoms with Gasteiger partial charge in [-0.2, -0.15) is 0 Å². The van der Waals surface area contributed by atoms with Crippen LogP contribution in [0.2, 0.25) is 0 Å². The van der Waals surface area contributed by atoms with Crippen LogP contribution >= 0.6 is 0 Å². The van der Waals surface area contributed by atoms with Crippen molar-refractivity contribution in [1.29, 1.82) is 0 Å². The number of nitrogens with one attached hydrogen (secondary N) is 3. The Balaban J connectivity index is 1.46. The lowest BCUT2D eigenvalue weighted by molar-refractivity contribution is -0.137. The third-order valence-corrected chi connectivity index (χ3v) is 6.47. The van der Waals surface area contributed by atoms with Gasteiger partial charge in [0.1, 0.15) is 17.5 Å². The van der Waals surface area contributed by atoms with Gasteiger partial charge in [0, 0.05) is 61.9 Å². The molecule has 0 bridgehead atoms. The third kappa shape index (κ3) is 7.14. The smallest absolute Gasteiger partial charge is 0.305 e. The first-order chi connectivity index (χ1) is 19.5. The van der Waals surface area contributed by atoms with Gasteiger partial charge < -0.3 is 26.0 Å². The van der Waals surface area contributed by atoms with E-state index in [0.717, 1.165) is 43.1 Å². The Kier molecular flexibility index (Phi) is 8.52. The molecular weight excluding hydrogens is 508 g/mol. The number of rotatable bonds is 10. The zero-order valence-electron chi connectivity index (χ0n) is 21.8. The number of pyridine rings is 2. The van der Waals surface area contributed by atoms with Crippen LogP contribution in [0.3, 0.4) is 0 Å². The van der Waals surface area contributed by atoms with Crippen LogP contribution in [0.25, 0.3) is 11.3 Å². The van der Waals surface area contributed by atoms with E-state index in [1.165, 1.54) is 0 Å². The van der Waals surface area contributed by atoms with Crippen LogP contribution in [-0.2, 0) is 11.2 Å². The molecule has 1 fully saturated rings. The fraction of sp³-hybridized carbons (Fsp3) is 0.241. The first-order valence-corrected chi connectivity index (χ1v) is 13.1. The van der Waals surface area contributed by atoms with Crippen molar-refractivity contribution in [2.45, 2.75) is 18.9 Å². The van der Waals surface area contributed by atoms with Gasteiger partial charge in [-0.15, -0.1) is 0 Å². The molecule has 0 unspecified atom stereocenters. The first kappa shape index (κ1) is 26.7. The van der Waals surface area contributed by atoms with Gasteiger partial charge in [-0.05, 0) is 36.2 Å². The molecule has 4 N–H and O–H groups in total. The van der Waals surface area contributed by atoms with E-state index >= 15 is 0 Å². The van der Waals surface area contributed by atoms with Crippen molar-refractivity contribution in [2.24, 2.45) is 0 Å². The summed E-state index contributed by atoms with van der Waals surface area (Å²) < 4.78 is 0. The van der Waals surface area contributed by atoms with Gasteiger partial charge in [-0.3, -0.25) is 14.6 Å². The molecule has 1 aliphatic rings. The number of anilines is 3. The first-order valence-electron chi connectivity index (χ1n) is 13.1. The Morgan fingerprint density at radius 2 is 1.80 bits per heavy atom. The van der Waals surface area contributed by atoms with E-state index in [1.54, 1.807) is 36.9 Å². The van der Waals surface area contributed by atoms with Gasteiger partial charge in [0.25, 0.3) is 5.91 Å². The molecule has 204 valence electrons. The lowest BCUT2D eigenvalue weighted by Gasteiger charge is -2.28. The van der Waals surface area contributed by atoms with Crippen molar-refractivity contribution in [3.8, 4) is 11.3 Å². The SMILES string of the molecule is O=C(O)C[C@H](Cc1ccccc1)NC(=O)c1cc(Nc2cnccn2)nc(-c2ccnc(N3CCNCC3)c2)c1. The molecule has 4 heterocycles. The average molecular weight is 539 g/mol. The number of carbonyl (C=O) groups excluding carboxylic acids is 1. The normalized spacial score (nSPS) is 13.8. The maximum absolute atomic E-state index is 13.5. The average Bonchev–Trinajstić information content (AvgIpc) is 2.98. The van der Waals surface area contributed by atoms with Crippen molar-refractivity contribution in [3.63, 3.8) is 0 Å². The van der Waals surface area contributed by atoms with Gasteiger partial charge in [-0.1, -0.05) is 30.3 Å². The fourth-order valence-electron chi connectivity index (χ4n) is 4.57. The molecule has 1 aliphatic heterocycles. The molecule has 11 nitrogen and oxygen atoms in total. The fourth-order valence-corrected chi connectivity index (χ4v) is 4.57. The zero-order chi connectivity index (χ0) is 27.7. The molecule has 40 heavy (non-hydrogen) atoms. The Labute approximate surface area is 231 Å². The molecule has 0 radical (unpaired) electrons. The topological polar surface area (TPSA) is 145 Å². The van der Waals surface area contributed by atoms with Gasteiger partial charge in [0.2, 0.25) is 0 Å². The second-order valence-corrected chi connectivity index (χ2v) is 9.44. The predicted octanol–water partition coefficient (Wildman–Crippen LogP) is 2.90. The molecule has 0 aliphatic carbocycles. The van der Waals surface area contributed by atoms with E-state index in [9.17, 15) is 14.7 Å². The second-order valence-electron chi connectivity index (χ2n) is 9.44. The van der Waals surface area contributed by atoms with Crippen LogP contribution in [0.15, 0.2) is 79.4 Å². The van der Waals surface area contributed by atoms with Crippen molar-refractivity contribution in [1.82, 2.24) is 30.6 Å². The highest BCUT2D eigenvalue weighted by molar-refractivity contribution is 5.96. The van der Waals surface area contributed by atoms with Crippen LogP contribution in [0, 0.1) is 0 Å². The summed E-state index contributed by atoms with van der Waals surface area (Å²) in [6.07, 6.45) is 6.60. The summed E-state index contributed by atoms with van der Waals surface area (Å²) in [6, 6.07) is 16.0. The van der Waals surface area contributed by atoms with Gasteiger partial charge in [-0.25, -0.2) is 15.0 Å². The summed E-state index contributed by atoms with van der Waals surface area (Å²) in [5, 5.41) is 18.9. The molecule has 3 aromatic heterocycles. The maximum Gasteiger partial charge on any atom is 0.305 e. The summed E-state index contributed by atoms with van der Waals surface area (Å²) >= 11 is 0. The molecule has 11 heteroatoms. The molecule has 0 saturated carbocycles. The number of carboxylic acid groups (broad SMARTS) is 1. The molecular formula is C29H30N8O3. The van der Waals surface area contributed by atoms with E-state index < -0.39 is 17.9 Å². The molecule has 5 rings (SSSR count). The number of aliphatic carboxylic acids is 1. The van der Waals surface area contributed by atoms with Crippen LogP contribution < -0.4 is 20.9 Å². The minimum absolute atomic E-state index is 0.207. The largest absolute Gasteiger partial charge is 0.481 e.